The number of aryl methyl sites for hydroxylation is 1. The molecule has 0 aliphatic carbocycles. The van der Waals surface area contributed by atoms with Crippen molar-refractivity contribution in [2.24, 2.45) is 0 Å². The monoisotopic (exact) mass is 230 g/mol. The van der Waals surface area contributed by atoms with Crippen LogP contribution in [0.1, 0.15) is 25.0 Å². The predicted molar refractivity (Wildman–Crippen MR) is 67.3 cm³/mol. The second kappa shape index (κ2) is 6.05. The number of hydrogen-bond acceptors (Lipinski definition) is 2. The highest BCUT2D eigenvalue weighted by atomic mass is 16.2. The van der Waals surface area contributed by atoms with Gasteiger partial charge in [0, 0.05) is 6.04 Å². The van der Waals surface area contributed by atoms with Crippen molar-refractivity contribution in [1.82, 2.24) is 4.90 Å². The van der Waals surface area contributed by atoms with Crippen LogP contribution in [0.2, 0.25) is 0 Å². The van der Waals surface area contributed by atoms with Gasteiger partial charge < -0.3 is 4.90 Å². The fourth-order valence-electron chi connectivity index (χ4n) is 1.71. The third-order valence-electron chi connectivity index (χ3n) is 2.79. The van der Waals surface area contributed by atoms with Crippen molar-refractivity contribution < 1.29 is 4.79 Å². The van der Waals surface area contributed by atoms with Crippen molar-refractivity contribution in [3.05, 3.63) is 35.4 Å². The molecule has 1 rings (SSSR count). The van der Waals surface area contributed by atoms with E-state index >= 15 is 0 Å². The number of nitrogens with zero attached hydrogens (tertiary/aromatic N) is 2. The van der Waals surface area contributed by atoms with E-state index in [0.29, 0.717) is 6.42 Å². The number of amides is 1. The van der Waals surface area contributed by atoms with E-state index in [1.165, 1.54) is 0 Å². The van der Waals surface area contributed by atoms with Crippen molar-refractivity contribution in [3.63, 3.8) is 0 Å². The molecule has 0 aliphatic rings. The van der Waals surface area contributed by atoms with Gasteiger partial charge in [-0.3, -0.25) is 4.79 Å². The van der Waals surface area contributed by atoms with Gasteiger partial charge in [-0.05, 0) is 31.9 Å². The number of benzene rings is 1. The van der Waals surface area contributed by atoms with Crippen molar-refractivity contribution >= 4 is 5.91 Å². The van der Waals surface area contributed by atoms with Crippen LogP contribution in [0.3, 0.4) is 0 Å². The minimum Gasteiger partial charge on any atom is -0.327 e. The summed E-state index contributed by atoms with van der Waals surface area (Å²) < 4.78 is 0. The molecule has 1 aromatic carbocycles. The molecule has 3 nitrogen and oxygen atoms in total. The van der Waals surface area contributed by atoms with Crippen LogP contribution < -0.4 is 0 Å². The first-order valence-electron chi connectivity index (χ1n) is 5.77. The molecule has 0 N–H and O–H groups in total. The lowest BCUT2D eigenvalue weighted by molar-refractivity contribution is -0.131. The second-order valence-electron chi connectivity index (χ2n) is 4.38. The fraction of sp³-hybridized carbons (Fsp3) is 0.429. The molecule has 0 aliphatic heterocycles. The van der Waals surface area contributed by atoms with Crippen molar-refractivity contribution in [3.8, 4) is 6.07 Å². The predicted octanol–water partition coefficient (Wildman–Crippen LogP) is 2.30. The molecule has 0 spiro atoms. The second-order valence-corrected chi connectivity index (χ2v) is 4.38. The molecular formula is C14H18N2O. The van der Waals surface area contributed by atoms with E-state index in [2.05, 4.69) is 0 Å². The van der Waals surface area contributed by atoms with E-state index in [4.69, 9.17) is 5.26 Å². The lowest BCUT2D eigenvalue weighted by Gasteiger charge is -2.24. The molecular weight excluding hydrogens is 212 g/mol. The maximum absolute atomic E-state index is 12.1. The molecule has 0 radical (unpaired) electrons. The van der Waals surface area contributed by atoms with Gasteiger partial charge in [0.15, 0.2) is 0 Å². The Labute approximate surface area is 103 Å². The van der Waals surface area contributed by atoms with Crippen LogP contribution in [-0.2, 0) is 11.2 Å². The SMILES string of the molecule is Cc1ccccc1CC(=O)N(CC#N)C(C)C. The molecule has 0 saturated carbocycles. The molecule has 0 saturated heterocycles. The Hall–Kier alpha value is -1.82. The smallest absolute Gasteiger partial charge is 0.228 e. The largest absolute Gasteiger partial charge is 0.327 e. The summed E-state index contributed by atoms with van der Waals surface area (Å²) in [5, 5.41) is 8.71. The summed E-state index contributed by atoms with van der Waals surface area (Å²) in [6.45, 7) is 6.00. The van der Waals surface area contributed by atoms with Gasteiger partial charge in [0.05, 0.1) is 12.5 Å². The third-order valence-corrected chi connectivity index (χ3v) is 2.79. The van der Waals surface area contributed by atoms with Crippen LogP contribution in [0.25, 0.3) is 0 Å². The molecule has 0 heterocycles. The molecule has 90 valence electrons. The number of carbonyl (C=O) groups is 1. The van der Waals surface area contributed by atoms with Gasteiger partial charge in [-0.25, -0.2) is 0 Å². The van der Waals surface area contributed by atoms with Gasteiger partial charge in [-0.15, -0.1) is 0 Å². The van der Waals surface area contributed by atoms with E-state index in [0.717, 1.165) is 11.1 Å². The standard InChI is InChI=1S/C14H18N2O/c1-11(2)16(9-8-15)14(17)10-13-7-5-4-6-12(13)3/h4-7,11H,9-10H2,1-3H3. The lowest BCUT2D eigenvalue weighted by Crippen LogP contribution is -2.38. The van der Waals surface area contributed by atoms with Crippen LogP contribution >= 0.6 is 0 Å². The van der Waals surface area contributed by atoms with E-state index in [-0.39, 0.29) is 18.5 Å². The zero-order valence-electron chi connectivity index (χ0n) is 10.6. The summed E-state index contributed by atoms with van der Waals surface area (Å²) >= 11 is 0. The average molecular weight is 230 g/mol. The van der Waals surface area contributed by atoms with Crippen LogP contribution in [0.15, 0.2) is 24.3 Å². The van der Waals surface area contributed by atoms with E-state index < -0.39 is 0 Å². The van der Waals surface area contributed by atoms with Gasteiger partial charge in [0.2, 0.25) is 5.91 Å². The first-order chi connectivity index (χ1) is 8.06. The van der Waals surface area contributed by atoms with Crippen molar-refractivity contribution in [1.29, 1.82) is 5.26 Å². The normalized spacial score (nSPS) is 10.1. The van der Waals surface area contributed by atoms with Crippen LogP contribution in [0, 0.1) is 18.3 Å². The van der Waals surface area contributed by atoms with Crippen molar-refractivity contribution in [2.75, 3.05) is 6.54 Å². The quantitative estimate of drug-likeness (QED) is 0.745. The molecule has 1 aromatic rings. The zero-order valence-corrected chi connectivity index (χ0v) is 10.6. The number of nitriles is 1. The molecule has 0 fully saturated rings. The molecule has 0 aromatic heterocycles. The molecule has 1 amide bonds. The first kappa shape index (κ1) is 13.2. The summed E-state index contributed by atoms with van der Waals surface area (Å²) in [6.07, 6.45) is 0.368. The third kappa shape index (κ3) is 3.60. The summed E-state index contributed by atoms with van der Waals surface area (Å²) in [5.41, 5.74) is 2.14. The highest BCUT2D eigenvalue weighted by Gasteiger charge is 2.17. The molecule has 17 heavy (non-hydrogen) atoms. The molecule has 0 atom stereocenters. The highest BCUT2D eigenvalue weighted by Crippen LogP contribution is 2.10. The minimum atomic E-state index is 0.0100. The van der Waals surface area contributed by atoms with Gasteiger partial charge in [0.25, 0.3) is 0 Å². The summed E-state index contributed by atoms with van der Waals surface area (Å²) in [6, 6.07) is 9.93. The Kier molecular flexibility index (Phi) is 4.71. The van der Waals surface area contributed by atoms with Crippen LogP contribution in [0.5, 0.6) is 0 Å². The Balaban J connectivity index is 2.78. The van der Waals surface area contributed by atoms with Gasteiger partial charge in [-0.2, -0.15) is 5.26 Å². The van der Waals surface area contributed by atoms with E-state index in [9.17, 15) is 4.79 Å². The zero-order chi connectivity index (χ0) is 12.8. The Morgan fingerprint density at radius 1 is 1.41 bits per heavy atom. The molecule has 0 bridgehead atoms. The van der Waals surface area contributed by atoms with E-state index in [1.807, 2.05) is 51.1 Å². The summed E-state index contributed by atoms with van der Waals surface area (Å²) in [7, 11) is 0. The van der Waals surface area contributed by atoms with Crippen LogP contribution in [0.4, 0.5) is 0 Å². The molecule has 0 unspecified atom stereocenters. The topological polar surface area (TPSA) is 44.1 Å². The lowest BCUT2D eigenvalue weighted by atomic mass is 10.0. The molecule has 3 heteroatoms. The summed E-state index contributed by atoms with van der Waals surface area (Å²) in [5.74, 6) is 0.0100. The number of rotatable bonds is 4. The summed E-state index contributed by atoms with van der Waals surface area (Å²) in [4.78, 5) is 13.7. The number of carbonyl (C=O) groups excluding carboxylic acids is 1. The Morgan fingerprint density at radius 3 is 2.59 bits per heavy atom. The Morgan fingerprint density at radius 2 is 2.06 bits per heavy atom. The van der Waals surface area contributed by atoms with E-state index in [1.54, 1.807) is 4.90 Å². The minimum absolute atomic E-state index is 0.0100. The van der Waals surface area contributed by atoms with Gasteiger partial charge >= 0.3 is 0 Å². The Bertz CT molecular complexity index is 432. The first-order valence-corrected chi connectivity index (χ1v) is 5.77. The van der Waals surface area contributed by atoms with Crippen molar-refractivity contribution in [2.45, 2.75) is 33.2 Å². The number of hydrogen-bond donors (Lipinski definition) is 0. The maximum atomic E-state index is 12.1. The van der Waals surface area contributed by atoms with Gasteiger partial charge in [0.1, 0.15) is 6.54 Å². The maximum Gasteiger partial charge on any atom is 0.228 e. The van der Waals surface area contributed by atoms with Crippen LogP contribution in [-0.4, -0.2) is 23.4 Å². The fourth-order valence-corrected chi connectivity index (χ4v) is 1.71. The van der Waals surface area contributed by atoms with Gasteiger partial charge in [-0.1, -0.05) is 24.3 Å². The highest BCUT2D eigenvalue weighted by molar-refractivity contribution is 5.79. The average Bonchev–Trinajstić information content (AvgIpc) is 2.28.